The normalized spacial score (nSPS) is 14.0. The summed E-state index contributed by atoms with van der Waals surface area (Å²) in [4.78, 5) is 2.02. The maximum absolute atomic E-state index is 5.55. The third-order valence-electron chi connectivity index (χ3n) is 2.03. The van der Waals surface area contributed by atoms with Gasteiger partial charge in [0.1, 0.15) is 13.2 Å². The first kappa shape index (κ1) is 8.23. The molecular formula is C10H13NO2. The van der Waals surface area contributed by atoms with E-state index in [0.717, 1.165) is 17.2 Å². The number of ether oxygens (including phenoxy) is 2. The van der Waals surface area contributed by atoms with E-state index in [1.165, 1.54) is 0 Å². The standard InChI is InChI=1S/C10H13NO2/c1-11(2)8-4-3-5-9-10(8)13-7-6-12-9/h3-5H,6-7H2,1-2H3. The number of para-hydroxylation sites is 1. The largest absolute Gasteiger partial charge is 0.486 e. The molecular weight excluding hydrogens is 166 g/mol. The molecule has 0 aromatic heterocycles. The van der Waals surface area contributed by atoms with Crippen molar-refractivity contribution in [3.05, 3.63) is 18.2 Å². The minimum absolute atomic E-state index is 0.637. The van der Waals surface area contributed by atoms with Crippen LogP contribution in [0, 0.1) is 0 Å². The number of rotatable bonds is 1. The first-order valence-corrected chi connectivity index (χ1v) is 4.35. The molecule has 0 radical (unpaired) electrons. The van der Waals surface area contributed by atoms with Gasteiger partial charge in [-0.15, -0.1) is 0 Å². The van der Waals surface area contributed by atoms with Crippen molar-refractivity contribution in [1.29, 1.82) is 0 Å². The highest BCUT2D eigenvalue weighted by Crippen LogP contribution is 2.38. The highest BCUT2D eigenvalue weighted by molar-refractivity contribution is 5.64. The number of nitrogens with zero attached hydrogens (tertiary/aromatic N) is 1. The van der Waals surface area contributed by atoms with Crippen LogP contribution in [-0.2, 0) is 0 Å². The van der Waals surface area contributed by atoms with Crippen LogP contribution in [0.4, 0.5) is 5.69 Å². The van der Waals surface area contributed by atoms with E-state index in [4.69, 9.17) is 9.47 Å². The number of benzene rings is 1. The van der Waals surface area contributed by atoms with Crippen LogP contribution in [0.15, 0.2) is 18.2 Å². The maximum atomic E-state index is 5.55. The third-order valence-corrected chi connectivity index (χ3v) is 2.03. The van der Waals surface area contributed by atoms with Crippen molar-refractivity contribution in [3.8, 4) is 11.5 Å². The molecule has 0 atom stereocenters. The smallest absolute Gasteiger partial charge is 0.184 e. The van der Waals surface area contributed by atoms with Gasteiger partial charge in [0.05, 0.1) is 5.69 Å². The molecule has 0 N–H and O–H groups in total. The van der Waals surface area contributed by atoms with Crippen molar-refractivity contribution in [2.45, 2.75) is 0 Å². The Morgan fingerprint density at radius 1 is 1.15 bits per heavy atom. The van der Waals surface area contributed by atoms with Crippen LogP contribution in [0.3, 0.4) is 0 Å². The summed E-state index contributed by atoms with van der Waals surface area (Å²) in [5.74, 6) is 1.70. The summed E-state index contributed by atoms with van der Waals surface area (Å²) in [6.45, 7) is 1.28. The lowest BCUT2D eigenvalue weighted by Gasteiger charge is -2.23. The van der Waals surface area contributed by atoms with Crippen molar-refractivity contribution < 1.29 is 9.47 Å². The molecule has 0 bridgehead atoms. The fourth-order valence-electron chi connectivity index (χ4n) is 1.41. The minimum Gasteiger partial charge on any atom is -0.486 e. The van der Waals surface area contributed by atoms with Gasteiger partial charge in [0.2, 0.25) is 0 Å². The van der Waals surface area contributed by atoms with Crippen LogP contribution in [0.5, 0.6) is 11.5 Å². The average molecular weight is 179 g/mol. The van der Waals surface area contributed by atoms with Crippen molar-refractivity contribution >= 4 is 5.69 Å². The van der Waals surface area contributed by atoms with Crippen molar-refractivity contribution in [1.82, 2.24) is 0 Å². The fourth-order valence-corrected chi connectivity index (χ4v) is 1.41. The Balaban J connectivity index is 2.46. The topological polar surface area (TPSA) is 21.7 Å². The lowest BCUT2D eigenvalue weighted by molar-refractivity contribution is 0.172. The predicted octanol–water partition coefficient (Wildman–Crippen LogP) is 1.52. The SMILES string of the molecule is CN(C)c1cccc2c1OCCO2. The zero-order valence-electron chi connectivity index (χ0n) is 7.91. The summed E-state index contributed by atoms with van der Waals surface area (Å²) >= 11 is 0. The molecule has 3 nitrogen and oxygen atoms in total. The summed E-state index contributed by atoms with van der Waals surface area (Å²) < 4.78 is 11.0. The van der Waals surface area contributed by atoms with Crippen LogP contribution in [-0.4, -0.2) is 27.3 Å². The van der Waals surface area contributed by atoms with Crippen LogP contribution in [0.1, 0.15) is 0 Å². The van der Waals surface area contributed by atoms with Gasteiger partial charge in [-0.3, -0.25) is 0 Å². The predicted molar refractivity (Wildman–Crippen MR) is 51.8 cm³/mol. The minimum atomic E-state index is 0.637. The van der Waals surface area contributed by atoms with E-state index in [1.54, 1.807) is 0 Å². The molecule has 0 unspecified atom stereocenters. The highest BCUT2D eigenvalue weighted by Gasteiger charge is 2.15. The van der Waals surface area contributed by atoms with Crippen LogP contribution in [0.2, 0.25) is 0 Å². The molecule has 0 spiro atoms. The van der Waals surface area contributed by atoms with Gasteiger partial charge >= 0.3 is 0 Å². The molecule has 1 aliphatic heterocycles. The van der Waals surface area contributed by atoms with Gasteiger partial charge in [-0.2, -0.15) is 0 Å². The van der Waals surface area contributed by atoms with Gasteiger partial charge in [0.15, 0.2) is 11.5 Å². The fraction of sp³-hybridized carbons (Fsp3) is 0.400. The van der Waals surface area contributed by atoms with E-state index in [9.17, 15) is 0 Å². The van der Waals surface area contributed by atoms with Gasteiger partial charge in [-0.1, -0.05) is 6.07 Å². The Kier molecular flexibility index (Phi) is 2.00. The van der Waals surface area contributed by atoms with Gasteiger partial charge in [-0.05, 0) is 12.1 Å². The Morgan fingerprint density at radius 3 is 2.69 bits per heavy atom. The van der Waals surface area contributed by atoms with E-state index < -0.39 is 0 Å². The first-order valence-electron chi connectivity index (χ1n) is 4.35. The molecule has 70 valence electrons. The molecule has 0 aliphatic carbocycles. The zero-order chi connectivity index (χ0) is 9.26. The molecule has 0 amide bonds. The zero-order valence-corrected chi connectivity index (χ0v) is 7.91. The first-order chi connectivity index (χ1) is 6.29. The van der Waals surface area contributed by atoms with Gasteiger partial charge in [-0.25, -0.2) is 0 Å². The van der Waals surface area contributed by atoms with E-state index in [0.29, 0.717) is 13.2 Å². The third kappa shape index (κ3) is 1.41. The second-order valence-electron chi connectivity index (χ2n) is 3.20. The van der Waals surface area contributed by atoms with Crippen LogP contribution in [0.25, 0.3) is 0 Å². The molecule has 2 rings (SSSR count). The lowest BCUT2D eigenvalue weighted by atomic mass is 10.2. The summed E-state index contributed by atoms with van der Waals surface area (Å²) in [5, 5.41) is 0. The van der Waals surface area contributed by atoms with Crippen molar-refractivity contribution in [3.63, 3.8) is 0 Å². The molecule has 3 heteroatoms. The van der Waals surface area contributed by atoms with Gasteiger partial charge in [0, 0.05) is 14.1 Å². The van der Waals surface area contributed by atoms with E-state index >= 15 is 0 Å². The molecule has 1 aromatic carbocycles. The Labute approximate surface area is 77.9 Å². The molecule has 0 saturated carbocycles. The maximum Gasteiger partial charge on any atom is 0.184 e. The lowest BCUT2D eigenvalue weighted by Crippen LogP contribution is -2.18. The second-order valence-corrected chi connectivity index (χ2v) is 3.20. The summed E-state index contributed by atoms with van der Waals surface area (Å²) in [7, 11) is 3.99. The van der Waals surface area contributed by atoms with Gasteiger partial charge < -0.3 is 14.4 Å². The summed E-state index contributed by atoms with van der Waals surface area (Å²) in [5.41, 5.74) is 1.07. The molecule has 1 heterocycles. The Hall–Kier alpha value is -1.38. The summed E-state index contributed by atoms with van der Waals surface area (Å²) in [6.07, 6.45) is 0. The van der Waals surface area contributed by atoms with Crippen LogP contribution < -0.4 is 14.4 Å². The highest BCUT2D eigenvalue weighted by atomic mass is 16.6. The number of fused-ring (bicyclic) bond motifs is 1. The monoisotopic (exact) mass is 179 g/mol. The molecule has 1 aromatic rings. The Morgan fingerprint density at radius 2 is 1.92 bits per heavy atom. The van der Waals surface area contributed by atoms with E-state index in [2.05, 4.69) is 0 Å². The van der Waals surface area contributed by atoms with Gasteiger partial charge in [0.25, 0.3) is 0 Å². The Bertz CT molecular complexity index is 310. The van der Waals surface area contributed by atoms with E-state index in [-0.39, 0.29) is 0 Å². The number of hydrogen-bond donors (Lipinski definition) is 0. The van der Waals surface area contributed by atoms with E-state index in [1.807, 2.05) is 37.2 Å². The molecule has 13 heavy (non-hydrogen) atoms. The quantitative estimate of drug-likeness (QED) is 0.652. The van der Waals surface area contributed by atoms with Crippen molar-refractivity contribution in [2.75, 3.05) is 32.2 Å². The molecule has 0 saturated heterocycles. The molecule has 1 aliphatic rings. The second kappa shape index (κ2) is 3.17. The number of hydrogen-bond acceptors (Lipinski definition) is 3. The van der Waals surface area contributed by atoms with Crippen LogP contribution >= 0.6 is 0 Å². The summed E-state index contributed by atoms with van der Waals surface area (Å²) in [6, 6.07) is 5.93. The average Bonchev–Trinajstić information content (AvgIpc) is 2.17. The number of anilines is 1. The molecule has 0 fully saturated rings. The van der Waals surface area contributed by atoms with Crippen molar-refractivity contribution in [2.24, 2.45) is 0 Å².